The van der Waals surface area contributed by atoms with Gasteiger partial charge in [0.15, 0.2) is 0 Å². The van der Waals surface area contributed by atoms with Gasteiger partial charge in [-0.3, -0.25) is 0 Å². The Kier molecular flexibility index (Phi) is 5.10. The van der Waals surface area contributed by atoms with Crippen LogP contribution in [0.25, 0.3) is 0 Å². The largest absolute Gasteiger partial charge is 0.497 e. The van der Waals surface area contributed by atoms with Gasteiger partial charge in [-0.15, -0.1) is 11.3 Å². The van der Waals surface area contributed by atoms with Crippen molar-refractivity contribution < 1.29 is 9.84 Å². The third-order valence-corrected chi connectivity index (χ3v) is 5.19. The molecule has 0 amide bonds. The van der Waals surface area contributed by atoms with Crippen LogP contribution in [0.1, 0.15) is 10.9 Å². The second-order valence-electron chi connectivity index (χ2n) is 3.88. The molecule has 1 atom stereocenters. The highest BCUT2D eigenvalue weighted by molar-refractivity contribution is 9.10. The molecule has 1 aromatic carbocycles. The van der Waals surface area contributed by atoms with Crippen molar-refractivity contribution in [3.05, 3.63) is 44.0 Å². The number of halogens is 2. The molecule has 0 aliphatic rings. The quantitative estimate of drug-likeness (QED) is 0.832. The van der Waals surface area contributed by atoms with Gasteiger partial charge in [0.2, 0.25) is 0 Å². The summed E-state index contributed by atoms with van der Waals surface area (Å²) in [4.78, 5) is 0.974. The first kappa shape index (κ1) is 14.7. The Hall–Kier alpha value is -0.750. The standard InChI is InChI=1S/C13H13BrClNO2S/c1-18-9-4-2-3-8(5-9)16-11(7-17)12-6-10(14)13(15)19-12/h2-6,11,16-17H,7H2,1H3. The second kappa shape index (κ2) is 6.61. The maximum Gasteiger partial charge on any atom is 0.120 e. The fraction of sp³-hybridized carbons (Fsp3) is 0.231. The van der Waals surface area contributed by atoms with Gasteiger partial charge in [-0.25, -0.2) is 0 Å². The molecule has 0 fully saturated rings. The molecule has 1 heterocycles. The van der Waals surface area contributed by atoms with E-state index in [1.807, 2.05) is 30.3 Å². The van der Waals surface area contributed by atoms with Crippen LogP contribution in [0.15, 0.2) is 34.8 Å². The lowest BCUT2D eigenvalue weighted by Crippen LogP contribution is -2.13. The summed E-state index contributed by atoms with van der Waals surface area (Å²) < 4.78 is 6.70. The lowest BCUT2D eigenvalue weighted by atomic mass is 10.2. The van der Waals surface area contributed by atoms with E-state index in [1.165, 1.54) is 11.3 Å². The molecule has 102 valence electrons. The van der Waals surface area contributed by atoms with E-state index >= 15 is 0 Å². The molecule has 0 saturated carbocycles. The molecule has 2 N–H and O–H groups in total. The van der Waals surface area contributed by atoms with E-state index in [9.17, 15) is 5.11 Å². The summed E-state index contributed by atoms with van der Waals surface area (Å²) in [7, 11) is 1.62. The van der Waals surface area contributed by atoms with Gasteiger partial charge < -0.3 is 15.2 Å². The number of aliphatic hydroxyl groups is 1. The molecule has 0 aliphatic heterocycles. The Morgan fingerprint density at radius 3 is 2.84 bits per heavy atom. The first-order chi connectivity index (χ1) is 9.13. The first-order valence-corrected chi connectivity index (χ1v) is 7.59. The maximum absolute atomic E-state index is 9.52. The first-order valence-electron chi connectivity index (χ1n) is 5.60. The van der Waals surface area contributed by atoms with Crippen LogP contribution >= 0.6 is 38.9 Å². The molecule has 1 aromatic heterocycles. The molecule has 2 aromatic rings. The van der Waals surface area contributed by atoms with E-state index in [1.54, 1.807) is 7.11 Å². The van der Waals surface area contributed by atoms with Gasteiger partial charge in [-0.05, 0) is 34.1 Å². The van der Waals surface area contributed by atoms with Crippen LogP contribution < -0.4 is 10.1 Å². The van der Waals surface area contributed by atoms with E-state index in [0.717, 1.165) is 20.8 Å². The summed E-state index contributed by atoms with van der Waals surface area (Å²) >= 11 is 10.8. The zero-order valence-electron chi connectivity index (χ0n) is 10.2. The zero-order chi connectivity index (χ0) is 13.8. The molecular weight excluding hydrogens is 350 g/mol. The van der Waals surface area contributed by atoms with Crippen molar-refractivity contribution in [2.24, 2.45) is 0 Å². The van der Waals surface area contributed by atoms with Gasteiger partial charge in [0.1, 0.15) is 10.1 Å². The van der Waals surface area contributed by atoms with E-state index in [-0.39, 0.29) is 12.6 Å². The van der Waals surface area contributed by atoms with E-state index in [2.05, 4.69) is 21.2 Å². The Bertz CT molecular complexity index is 542. The maximum atomic E-state index is 9.52. The average Bonchev–Trinajstić information content (AvgIpc) is 2.76. The predicted octanol–water partition coefficient (Wildman–Crippen LogP) is 4.32. The van der Waals surface area contributed by atoms with Gasteiger partial charge >= 0.3 is 0 Å². The lowest BCUT2D eigenvalue weighted by Gasteiger charge is -2.16. The molecule has 3 nitrogen and oxygen atoms in total. The number of thiophene rings is 1. The van der Waals surface area contributed by atoms with Crippen LogP contribution in [-0.4, -0.2) is 18.8 Å². The third kappa shape index (κ3) is 3.63. The minimum Gasteiger partial charge on any atom is -0.497 e. The Balaban J connectivity index is 2.18. The van der Waals surface area contributed by atoms with Crippen molar-refractivity contribution >= 4 is 44.6 Å². The van der Waals surface area contributed by atoms with Gasteiger partial charge in [0.05, 0.1) is 19.8 Å². The molecule has 2 rings (SSSR count). The second-order valence-corrected chi connectivity index (χ2v) is 6.42. The molecule has 0 radical (unpaired) electrons. The van der Waals surface area contributed by atoms with Crippen molar-refractivity contribution in [3.8, 4) is 5.75 Å². The number of benzene rings is 1. The fourth-order valence-corrected chi connectivity index (χ4v) is 3.43. The molecule has 0 bridgehead atoms. The van der Waals surface area contributed by atoms with E-state index < -0.39 is 0 Å². The lowest BCUT2D eigenvalue weighted by molar-refractivity contribution is 0.277. The molecule has 19 heavy (non-hydrogen) atoms. The minimum absolute atomic E-state index is 0.0134. The SMILES string of the molecule is COc1cccc(NC(CO)c2cc(Br)c(Cl)s2)c1. The number of anilines is 1. The summed E-state index contributed by atoms with van der Waals surface area (Å²) in [5, 5.41) is 12.8. The van der Waals surface area contributed by atoms with Crippen molar-refractivity contribution in [3.63, 3.8) is 0 Å². The Labute approximate surface area is 129 Å². The molecule has 0 aliphatic carbocycles. The molecule has 0 saturated heterocycles. The van der Waals surface area contributed by atoms with Gasteiger partial charge in [-0.1, -0.05) is 17.7 Å². The van der Waals surface area contributed by atoms with Crippen LogP contribution in [0.2, 0.25) is 4.34 Å². The van der Waals surface area contributed by atoms with Crippen LogP contribution in [0.3, 0.4) is 0 Å². The van der Waals surface area contributed by atoms with Crippen molar-refractivity contribution in [2.45, 2.75) is 6.04 Å². The normalized spacial score (nSPS) is 12.2. The summed E-state index contributed by atoms with van der Waals surface area (Å²) in [6.45, 7) is -0.0134. The fourth-order valence-electron chi connectivity index (χ4n) is 1.66. The van der Waals surface area contributed by atoms with Crippen molar-refractivity contribution in [1.29, 1.82) is 0 Å². The Morgan fingerprint density at radius 1 is 1.47 bits per heavy atom. The van der Waals surface area contributed by atoms with Gasteiger partial charge in [-0.2, -0.15) is 0 Å². The van der Waals surface area contributed by atoms with Gasteiger partial charge in [0.25, 0.3) is 0 Å². The van der Waals surface area contributed by atoms with Crippen molar-refractivity contribution in [1.82, 2.24) is 0 Å². The number of nitrogens with one attached hydrogen (secondary N) is 1. The summed E-state index contributed by atoms with van der Waals surface area (Å²) in [5.74, 6) is 0.770. The monoisotopic (exact) mass is 361 g/mol. The summed E-state index contributed by atoms with van der Waals surface area (Å²) in [5.41, 5.74) is 0.888. The van der Waals surface area contributed by atoms with E-state index in [4.69, 9.17) is 16.3 Å². The summed E-state index contributed by atoms with van der Waals surface area (Å²) in [6.07, 6.45) is 0. The van der Waals surface area contributed by atoms with Crippen LogP contribution in [0.5, 0.6) is 5.75 Å². The highest BCUT2D eigenvalue weighted by Gasteiger charge is 2.15. The number of hydrogen-bond donors (Lipinski definition) is 2. The highest BCUT2D eigenvalue weighted by Crippen LogP contribution is 2.36. The number of rotatable bonds is 5. The van der Waals surface area contributed by atoms with Crippen molar-refractivity contribution in [2.75, 3.05) is 19.0 Å². The summed E-state index contributed by atoms with van der Waals surface area (Å²) in [6, 6.07) is 9.30. The number of aliphatic hydroxyl groups excluding tert-OH is 1. The number of methoxy groups -OCH3 is 1. The van der Waals surface area contributed by atoms with Crippen LogP contribution in [0.4, 0.5) is 5.69 Å². The number of ether oxygens (including phenoxy) is 1. The smallest absolute Gasteiger partial charge is 0.120 e. The predicted molar refractivity (Wildman–Crippen MR) is 83.5 cm³/mol. The number of hydrogen-bond acceptors (Lipinski definition) is 4. The van der Waals surface area contributed by atoms with Crippen LogP contribution in [-0.2, 0) is 0 Å². The van der Waals surface area contributed by atoms with Crippen LogP contribution in [0, 0.1) is 0 Å². The average molecular weight is 363 g/mol. The minimum atomic E-state index is -0.194. The highest BCUT2D eigenvalue weighted by atomic mass is 79.9. The zero-order valence-corrected chi connectivity index (χ0v) is 13.3. The topological polar surface area (TPSA) is 41.5 Å². The molecule has 6 heteroatoms. The molecule has 0 spiro atoms. The third-order valence-electron chi connectivity index (χ3n) is 2.60. The molecular formula is C13H13BrClNO2S. The Morgan fingerprint density at radius 2 is 2.26 bits per heavy atom. The molecule has 1 unspecified atom stereocenters. The van der Waals surface area contributed by atoms with Gasteiger partial charge in [0, 0.05) is 21.1 Å². The van der Waals surface area contributed by atoms with E-state index in [0.29, 0.717) is 4.34 Å².